The molecule has 2 aromatic rings. The number of nitrogens with zero attached hydrogens (tertiary/aromatic N) is 1. The molecule has 21 heavy (non-hydrogen) atoms. The first-order chi connectivity index (χ1) is 10.1. The highest BCUT2D eigenvalue weighted by Crippen LogP contribution is 2.37. The number of aromatic nitrogens is 1. The molecule has 1 aliphatic rings. The van der Waals surface area contributed by atoms with Crippen molar-refractivity contribution in [2.24, 2.45) is 0 Å². The highest BCUT2D eigenvalue weighted by molar-refractivity contribution is 7.15. The molecule has 1 atom stereocenters. The average Bonchev–Trinajstić information content (AvgIpc) is 2.89. The van der Waals surface area contributed by atoms with Crippen LogP contribution in [0.15, 0.2) is 12.1 Å². The SMILES string of the molecule is CCNC1CCCc2sc(-c3cc(F)c(F)c(F)c3)nc21. The van der Waals surface area contributed by atoms with Gasteiger partial charge in [-0.25, -0.2) is 18.2 Å². The third-order valence-electron chi connectivity index (χ3n) is 3.64. The van der Waals surface area contributed by atoms with Gasteiger partial charge in [0, 0.05) is 10.4 Å². The van der Waals surface area contributed by atoms with E-state index in [4.69, 9.17) is 0 Å². The molecule has 0 saturated heterocycles. The lowest BCUT2D eigenvalue weighted by atomic mass is 9.97. The summed E-state index contributed by atoms with van der Waals surface area (Å²) in [4.78, 5) is 5.68. The fraction of sp³-hybridized carbons (Fsp3) is 0.400. The molecule has 0 amide bonds. The molecule has 1 heterocycles. The fourth-order valence-corrected chi connectivity index (χ4v) is 3.82. The second-order valence-electron chi connectivity index (χ2n) is 5.08. The molecule has 1 aliphatic carbocycles. The molecule has 0 spiro atoms. The number of benzene rings is 1. The van der Waals surface area contributed by atoms with Crippen LogP contribution in [0.4, 0.5) is 13.2 Å². The van der Waals surface area contributed by atoms with Gasteiger partial charge in [0.15, 0.2) is 17.5 Å². The number of hydrogen-bond donors (Lipinski definition) is 1. The zero-order valence-corrected chi connectivity index (χ0v) is 12.4. The summed E-state index contributed by atoms with van der Waals surface area (Å²) in [6, 6.07) is 2.20. The van der Waals surface area contributed by atoms with Gasteiger partial charge >= 0.3 is 0 Å². The highest BCUT2D eigenvalue weighted by atomic mass is 32.1. The Kier molecular flexibility index (Phi) is 3.99. The smallest absolute Gasteiger partial charge is 0.194 e. The van der Waals surface area contributed by atoms with Gasteiger partial charge in [-0.1, -0.05) is 6.92 Å². The predicted octanol–water partition coefficient (Wildman–Crippen LogP) is 4.21. The summed E-state index contributed by atoms with van der Waals surface area (Å²) in [5, 5.41) is 3.92. The van der Waals surface area contributed by atoms with Crippen molar-refractivity contribution in [1.82, 2.24) is 10.3 Å². The van der Waals surface area contributed by atoms with Crippen LogP contribution in [0.2, 0.25) is 0 Å². The van der Waals surface area contributed by atoms with Crippen LogP contribution in [0, 0.1) is 17.5 Å². The monoisotopic (exact) mass is 312 g/mol. The molecule has 0 radical (unpaired) electrons. The number of hydrogen-bond acceptors (Lipinski definition) is 3. The maximum atomic E-state index is 13.4. The van der Waals surface area contributed by atoms with Crippen molar-refractivity contribution < 1.29 is 13.2 Å². The summed E-state index contributed by atoms with van der Waals surface area (Å²) in [5.74, 6) is -3.80. The molecule has 112 valence electrons. The van der Waals surface area contributed by atoms with Gasteiger partial charge in [0.25, 0.3) is 0 Å². The first-order valence-electron chi connectivity index (χ1n) is 6.98. The normalized spacial score (nSPS) is 17.8. The van der Waals surface area contributed by atoms with Crippen LogP contribution in [0.3, 0.4) is 0 Å². The van der Waals surface area contributed by atoms with Crippen molar-refractivity contribution in [1.29, 1.82) is 0 Å². The molecule has 6 heteroatoms. The van der Waals surface area contributed by atoms with Crippen LogP contribution >= 0.6 is 11.3 Å². The van der Waals surface area contributed by atoms with E-state index in [1.165, 1.54) is 11.3 Å². The maximum absolute atomic E-state index is 13.4. The Bertz CT molecular complexity index is 646. The van der Waals surface area contributed by atoms with E-state index in [0.29, 0.717) is 10.6 Å². The summed E-state index contributed by atoms with van der Waals surface area (Å²) in [6.45, 7) is 2.88. The Morgan fingerprint density at radius 1 is 1.29 bits per heavy atom. The average molecular weight is 312 g/mol. The van der Waals surface area contributed by atoms with E-state index in [-0.39, 0.29) is 6.04 Å². The van der Waals surface area contributed by atoms with E-state index in [1.807, 2.05) is 6.92 Å². The zero-order chi connectivity index (χ0) is 15.0. The molecule has 3 rings (SSSR count). The molecule has 1 N–H and O–H groups in total. The van der Waals surface area contributed by atoms with Gasteiger partial charge in [-0.05, 0) is 37.9 Å². The summed E-state index contributed by atoms with van der Waals surface area (Å²) in [7, 11) is 0. The van der Waals surface area contributed by atoms with Crippen molar-refractivity contribution in [3.05, 3.63) is 40.2 Å². The van der Waals surface area contributed by atoms with E-state index < -0.39 is 17.5 Å². The third-order valence-corrected chi connectivity index (χ3v) is 4.82. The molecule has 0 bridgehead atoms. The lowest BCUT2D eigenvalue weighted by molar-refractivity contribution is 0.447. The van der Waals surface area contributed by atoms with Crippen molar-refractivity contribution in [2.45, 2.75) is 32.2 Å². The van der Waals surface area contributed by atoms with Crippen molar-refractivity contribution in [3.8, 4) is 10.6 Å². The van der Waals surface area contributed by atoms with Crippen molar-refractivity contribution in [2.75, 3.05) is 6.54 Å². The third kappa shape index (κ3) is 2.70. The van der Waals surface area contributed by atoms with Gasteiger partial charge in [-0.2, -0.15) is 0 Å². The van der Waals surface area contributed by atoms with E-state index in [1.54, 1.807) is 0 Å². The van der Waals surface area contributed by atoms with Gasteiger partial charge in [-0.3, -0.25) is 0 Å². The van der Waals surface area contributed by atoms with Gasteiger partial charge in [0.05, 0.1) is 11.7 Å². The summed E-state index contributed by atoms with van der Waals surface area (Å²) in [6.07, 6.45) is 3.01. The molecule has 0 aliphatic heterocycles. The Morgan fingerprint density at radius 3 is 2.67 bits per heavy atom. The van der Waals surface area contributed by atoms with Gasteiger partial charge in [-0.15, -0.1) is 11.3 Å². The van der Waals surface area contributed by atoms with Gasteiger partial charge in [0.2, 0.25) is 0 Å². The van der Waals surface area contributed by atoms with Crippen LogP contribution in [-0.4, -0.2) is 11.5 Å². The number of thiazole rings is 1. The topological polar surface area (TPSA) is 24.9 Å². The van der Waals surface area contributed by atoms with Gasteiger partial charge < -0.3 is 5.32 Å². The first kappa shape index (κ1) is 14.5. The Hall–Kier alpha value is -1.40. The van der Waals surface area contributed by atoms with E-state index >= 15 is 0 Å². The number of fused-ring (bicyclic) bond motifs is 1. The quantitative estimate of drug-likeness (QED) is 0.859. The van der Waals surface area contributed by atoms with E-state index in [2.05, 4.69) is 10.3 Å². The number of halogens is 3. The minimum Gasteiger partial charge on any atom is -0.309 e. The number of aryl methyl sites for hydroxylation is 1. The number of nitrogens with one attached hydrogen (secondary N) is 1. The van der Waals surface area contributed by atoms with Crippen LogP contribution in [-0.2, 0) is 6.42 Å². The van der Waals surface area contributed by atoms with E-state index in [0.717, 1.165) is 48.5 Å². The fourth-order valence-electron chi connectivity index (χ4n) is 2.67. The summed E-state index contributed by atoms with van der Waals surface area (Å²) in [5.41, 5.74) is 1.26. The van der Waals surface area contributed by atoms with Crippen LogP contribution in [0.5, 0.6) is 0 Å². The number of rotatable bonds is 3. The zero-order valence-electron chi connectivity index (χ0n) is 11.5. The predicted molar refractivity (Wildman–Crippen MR) is 76.8 cm³/mol. The minimum atomic E-state index is -1.44. The Labute approximate surface area is 125 Å². The highest BCUT2D eigenvalue weighted by Gasteiger charge is 2.25. The molecule has 1 unspecified atom stereocenters. The lowest BCUT2D eigenvalue weighted by Gasteiger charge is -2.21. The largest absolute Gasteiger partial charge is 0.309 e. The molecular weight excluding hydrogens is 297 g/mol. The summed E-state index contributed by atoms with van der Waals surface area (Å²) < 4.78 is 39.8. The molecule has 1 aromatic heterocycles. The molecule has 1 aromatic carbocycles. The second kappa shape index (κ2) is 5.77. The molecule has 0 fully saturated rings. The van der Waals surface area contributed by atoms with Crippen molar-refractivity contribution in [3.63, 3.8) is 0 Å². The van der Waals surface area contributed by atoms with Crippen molar-refractivity contribution >= 4 is 11.3 Å². The lowest BCUT2D eigenvalue weighted by Crippen LogP contribution is -2.24. The van der Waals surface area contributed by atoms with E-state index in [9.17, 15) is 13.2 Å². The standard InChI is InChI=1S/C15H15F3N2S/c1-2-19-11-4-3-5-12-14(11)20-15(21-12)8-6-9(16)13(18)10(17)7-8/h6-7,11,19H,2-5H2,1H3. The van der Waals surface area contributed by atoms with Crippen LogP contribution < -0.4 is 5.32 Å². The second-order valence-corrected chi connectivity index (χ2v) is 6.17. The molecular formula is C15H15F3N2S. The Balaban J connectivity index is 2.01. The first-order valence-corrected chi connectivity index (χ1v) is 7.79. The summed E-state index contributed by atoms with van der Waals surface area (Å²) >= 11 is 1.43. The van der Waals surface area contributed by atoms with Gasteiger partial charge in [0.1, 0.15) is 5.01 Å². The maximum Gasteiger partial charge on any atom is 0.194 e. The Morgan fingerprint density at radius 2 is 2.00 bits per heavy atom. The molecule has 0 saturated carbocycles. The molecule has 2 nitrogen and oxygen atoms in total. The van der Waals surface area contributed by atoms with Crippen LogP contribution in [0.25, 0.3) is 10.6 Å². The minimum absolute atomic E-state index is 0.193. The van der Waals surface area contributed by atoms with Crippen LogP contribution in [0.1, 0.15) is 36.4 Å².